The Morgan fingerprint density at radius 2 is 1.92 bits per heavy atom. The third-order valence-corrected chi connectivity index (χ3v) is 5.32. The molecule has 0 aliphatic carbocycles. The zero-order valence-electron chi connectivity index (χ0n) is 13.4. The van der Waals surface area contributed by atoms with Gasteiger partial charge in [-0.1, -0.05) is 30.3 Å². The molecule has 1 N–H and O–H groups in total. The molecule has 1 fully saturated rings. The van der Waals surface area contributed by atoms with E-state index in [0.717, 1.165) is 6.20 Å². The molecule has 1 atom stereocenters. The van der Waals surface area contributed by atoms with Crippen molar-refractivity contribution in [3.05, 3.63) is 77.2 Å². The van der Waals surface area contributed by atoms with Gasteiger partial charge in [-0.2, -0.15) is 0 Å². The number of benzene rings is 2. The average molecular weight is 361 g/mol. The van der Waals surface area contributed by atoms with Crippen LogP contribution in [0.3, 0.4) is 0 Å². The normalized spacial score (nSPS) is 19.0. The number of sulfonamides is 1. The lowest BCUT2D eigenvalue weighted by molar-refractivity contribution is -0.135. The molecule has 0 spiro atoms. The Hall–Kier alpha value is -2.67. The number of cyclic esters (lactones) is 1. The van der Waals surface area contributed by atoms with Crippen molar-refractivity contribution in [1.29, 1.82) is 0 Å². The van der Waals surface area contributed by atoms with Crippen molar-refractivity contribution in [2.75, 3.05) is 6.61 Å². The minimum absolute atomic E-state index is 0.0861. The standard InChI is InChI=1S/C18H16FNO4S/c1-12-9-13(7-8-17(12)19)16-11-24-18(21)15(16)10-20-25(22,23)14-5-3-2-4-6-14/h2-10,16,20H,11H2,1H3/b15-10-. The zero-order chi connectivity index (χ0) is 18.0. The van der Waals surface area contributed by atoms with Gasteiger partial charge in [0.2, 0.25) is 0 Å². The molecule has 25 heavy (non-hydrogen) atoms. The van der Waals surface area contributed by atoms with Gasteiger partial charge >= 0.3 is 5.97 Å². The topological polar surface area (TPSA) is 72.5 Å². The van der Waals surface area contributed by atoms with Crippen molar-refractivity contribution >= 4 is 16.0 Å². The first-order chi connectivity index (χ1) is 11.9. The zero-order valence-corrected chi connectivity index (χ0v) is 14.2. The lowest BCUT2D eigenvalue weighted by Crippen LogP contribution is -2.20. The molecule has 0 aromatic heterocycles. The number of halogens is 1. The van der Waals surface area contributed by atoms with Gasteiger partial charge in [-0.05, 0) is 36.2 Å². The molecule has 0 radical (unpaired) electrons. The summed E-state index contributed by atoms with van der Waals surface area (Å²) >= 11 is 0. The smallest absolute Gasteiger partial charge is 0.336 e. The molecule has 1 aliphatic rings. The second kappa shape index (κ2) is 6.68. The number of ether oxygens (including phenoxy) is 1. The van der Waals surface area contributed by atoms with E-state index in [1.54, 1.807) is 37.3 Å². The van der Waals surface area contributed by atoms with Gasteiger partial charge < -0.3 is 4.74 Å². The highest BCUT2D eigenvalue weighted by Gasteiger charge is 2.32. The van der Waals surface area contributed by atoms with Crippen molar-refractivity contribution in [3.63, 3.8) is 0 Å². The molecule has 2 aromatic carbocycles. The Balaban J connectivity index is 1.89. The summed E-state index contributed by atoms with van der Waals surface area (Å²) in [6, 6.07) is 12.3. The molecule has 2 aromatic rings. The van der Waals surface area contributed by atoms with E-state index in [1.165, 1.54) is 18.2 Å². The van der Waals surface area contributed by atoms with E-state index in [4.69, 9.17) is 4.74 Å². The number of aryl methyl sites for hydroxylation is 1. The van der Waals surface area contributed by atoms with E-state index in [1.807, 2.05) is 0 Å². The summed E-state index contributed by atoms with van der Waals surface area (Å²) in [4.78, 5) is 12.1. The van der Waals surface area contributed by atoms with Crippen LogP contribution >= 0.6 is 0 Å². The third-order valence-electron chi connectivity index (χ3n) is 4.00. The molecule has 0 saturated carbocycles. The first-order valence-corrected chi connectivity index (χ1v) is 9.07. The van der Waals surface area contributed by atoms with Crippen LogP contribution in [0.5, 0.6) is 0 Å². The number of carbonyl (C=O) groups is 1. The lowest BCUT2D eigenvalue weighted by Gasteiger charge is -2.11. The van der Waals surface area contributed by atoms with Crippen molar-refractivity contribution < 1.29 is 22.3 Å². The van der Waals surface area contributed by atoms with Crippen molar-refractivity contribution in [2.24, 2.45) is 0 Å². The van der Waals surface area contributed by atoms with E-state index in [9.17, 15) is 17.6 Å². The fraction of sp³-hybridized carbons (Fsp3) is 0.167. The van der Waals surface area contributed by atoms with Crippen LogP contribution < -0.4 is 4.72 Å². The van der Waals surface area contributed by atoms with Gasteiger partial charge in [0.1, 0.15) is 12.4 Å². The van der Waals surface area contributed by atoms with Crippen LogP contribution in [0.1, 0.15) is 17.0 Å². The predicted molar refractivity (Wildman–Crippen MR) is 89.7 cm³/mol. The van der Waals surface area contributed by atoms with Crippen LogP contribution in [0, 0.1) is 12.7 Å². The number of rotatable bonds is 4. The van der Waals surface area contributed by atoms with E-state index in [-0.39, 0.29) is 22.9 Å². The van der Waals surface area contributed by atoms with Crippen LogP contribution in [0.25, 0.3) is 0 Å². The molecule has 1 saturated heterocycles. The SMILES string of the molecule is Cc1cc(C2COC(=O)/C2=C\NS(=O)(=O)c2ccccc2)ccc1F. The fourth-order valence-corrected chi connectivity index (χ4v) is 3.54. The molecule has 0 bridgehead atoms. The third kappa shape index (κ3) is 3.56. The van der Waals surface area contributed by atoms with Gasteiger partial charge in [0, 0.05) is 6.20 Å². The highest BCUT2D eigenvalue weighted by molar-refractivity contribution is 7.89. The van der Waals surface area contributed by atoms with Crippen LogP contribution in [0.4, 0.5) is 4.39 Å². The highest BCUT2D eigenvalue weighted by atomic mass is 32.2. The largest absolute Gasteiger partial charge is 0.461 e. The van der Waals surface area contributed by atoms with Gasteiger partial charge in [-0.3, -0.25) is 4.72 Å². The number of carbonyl (C=O) groups excluding carboxylic acids is 1. The van der Waals surface area contributed by atoms with Crippen LogP contribution in [-0.4, -0.2) is 21.0 Å². The predicted octanol–water partition coefficient (Wildman–Crippen LogP) is 2.64. The molecule has 3 rings (SSSR count). The molecular weight excluding hydrogens is 345 g/mol. The fourth-order valence-electron chi connectivity index (χ4n) is 2.60. The summed E-state index contributed by atoms with van der Waals surface area (Å²) in [5.41, 5.74) is 1.32. The van der Waals surface area contributed by atoms with E-state index in [2.05, 4.69) is 4.72 Å². The Labute approximate surface area is 145 Å². The van der Waals surface area contributed by atoms with Gasteiger partial charge in [-0.25, -0.2) is 17.6 Å². The summed E-state index contributed by atoms with van der Waals surface area (Å²) in [7, 11) is -3.79. The average Bonchev–Trinajstić information content (AvgIpc) is 2.97. The molecule has 1 aliphatic heterocycles. The van der Waals surface area contributed by atoms with Crippen LogP contribution in [0.2, 0.25) is 0 Å². The Bertz CT molecular complexity index is 939. The van der Waals surface area contributed by atoms with Gasteiger partial charge in [0.05, 0.1) is 16.4 Å². The maximum absolute atomic E-state index is 13.4. The number of hydrogen-bond donors (Lipinski definition) is 1. The summed E-state index contributed by atoms with van der Waals surface area (Å²) in [6.07, 6.45) is 1.15. The minimum Gasteiger partial charge on any atom is -0.461 e. The molecule has 0 amide bonds. The summed E-state index contributed by atoms with van der Waals surface area (Å²) in [5, 5.41) is 0. The van der Waals surface area contributed by atoms with E-state index >= 15 is 0 Å². The number of nitrogens with one attached hydrogen (secondary N) is 1. The van der Waals surface area contributed by atoms with Gasteiger partial charge in [-0.15, -0.1) is 0 Å². The van der Waals surface area contributed by atoms with Crippen molar-refractivity contribution in [2.45, 2.75) is 17.7 Å². The number of esters is 1. The molecule has 5 nitrogen and oxygen atoms in total. The van der Waals surface area contributed by atoms with Gasteiger partial charge in [0.15, 0.2) is 0 Å². The first kappa shape index (κ1) is 17.2. The maximum Gasteiger partial charge on any atom is 0.336 e. The van der Waals surface area contributed by atoms with Crippen molar-refractivity contribution in [3.8, 4) is 0 Å². The minimum atomic E-state index is -3.79. The number of hydrogen-bond acceptors (Lipinski definition) is 4. The second-order valence-electron chi connectivity index (χ2n) is 5.69. The monoisotopic (exact) mass is 361 g/mol. The van der Waals surface area contributed by atoms with E-state index in [0.29, 0.717) is 11.1 Å². The highest BCUT2D eigenvalue weighted by Crippen LogP contribution is 2.32. The van der Waals surface area contributed by atoms with Crippen molar-refractivity contribution in [1.82, 2.24) is 4.72 Å². The first-order valence-electron chi connectivity index (χ1n) is 7.59. The summed E-state index contributed by atoms with van der Waals surface area (Å²) < 4.78 is 45.4. The summed E-state index contributed by atoms with van der Waals surface area (Å²) in [5.74, 6) is -1.39. The molecular formula is C18H16FNO4S. The molecule has 1 unspecified atom stereocenters. The molecule has 130 valence electrons. The van der Waals surface area contributed by atoms with Gasteiger partial charge in [0.25, 0.3) is 10.0 Å². The molecule has 1 heterocycles. The van der Waals surface area contributed by atoms with E-state index < -0.39 is 21.9 Å². The Kier molecular flexibility index (Phi) is 4.59. The quantitative estimate of drug-likeness (QED) is 0.671. The summed E-state index contributed by atoms with van der Waals surface area (Å²) in [6.45, 7) is 1.71. The molecule has 7 heteroatoms. The maximum atomic E-state index is 13.4. The lowest BCUT2D eigenvalue weighted by atomic mass is 9.93. The van der Waals surface area contributed by atoms with Crippen LogP contribution in [-0.2, 0) is 19.6 Å². The Morgan fingerprint density at radius 3 is 2.60 bits per heavy atom. The second-order valence-corrected chi connectivity index (χ2v) is 7.41. The van der Waals surface area contributed by atoms with Crippen LogP contribution in [0.15, 0.2) is 65.2 Å². The Morgan fingerprint density at radius 1 is 1.20 bits per heavy atom.